The quantitative estimate of drug-likeness (QED) is 0.420. The zero-order chi connectivity index (χ0) is 19.9. The zero-order valence-corrected chi connectivity index (χ0v) is 18.6. The molecule has 0 radical (unpaired) electrons. The lowest BCUT2D eigenvalue weighted by Gasteiger charge is -2.06. The summed E-state index contributed by atoms with van der Waals surface area (Å²) >= 11 is 4.98. The van der Waals surface area contributed by atoms with Crippen molar-refractivity contribution in [1.29, 1.82) is 0 Å². The largest absolute Gasteiger partial charge is 0.352 e. The number of carbonyl (C=O) groups is 1. The number of halogens is 1. The molecule has 0 aliphatic rings. The van der Waals surface area contributed by atoms with Crippen LogP contribution < -0.4 is 5.32 Å². The van der Waals surface area contributed by atoms with Crippen LogP contribution >= 0.6 is 27.3 Å². The van der Waals surface area contributed by atoms with Crippen molar-refractivity contribution in [2.24, 2.45) is 0 Å². The number of aromatic nitrogens is 3. The minimum Gasteiger partial charge on any atom is -0.352 e. The first-order chi connectivity index (χ1) is 13.6. The van der Waals surface area contributed by atoms with E-state index in [0.717, 1.165) is 39.4 Å². The molecular weight excluding hydrogens is 436 g/mol. The van der Waals surface area contributed by atoms with Gasteiger partial charge in [0.1, 0.15) is 0 Å². The number of amides is 1. The van der Waals surface area contributed by atoms with Crippen LogP contribution in [0.3, 0.4) is 0 Å². The van der Waals surface area contributed by atoms with Crippen molar-refractivity contribution < 1.29 is 4.79 Å². The smallest absolute Gasteiger partial charge is 0.254 e. The van der Waals surface area contributed by atoms with Gasteiger partial charge in [-0.1, -0.05) is 61.2 Å². The standard InChI is InChI=1S/C21H25BrN4OS/c1-3-5-6-7-12-23-20(27)17-13-24-26(19(17)4-2)21-25-18(14-28-21)15-8-10-16(22)11-9-15/h8-11,13-14H,3-7,12H2,1-2H3,(H,23,27). The summed E-state index contributed by atoms with van der Waals surface area (Å²) in [5.41, 5.74) is 3.49. The van der Waals surface area contributed by atoms with Crippen molar-refractivity contribution in [2.45, 2.75) is 46.0 Å². The highest BCUT2D eigenvalue weighted by Gasteiger charge is 2.18. The highest BCUT2D eigenvalue weighted by molar-refractivity contribution is 9.10. The van der Waals surface area contributed by atoms with Crippen molar-refractivity contribution in [3.63, 3.8) is 0 Å². The molecule has 1 amide bonds. The van der Waals surface area contributed by atoms with Crippen molar-refractivity contribution in [3.8, 4) is 16.4 Å². The fourth-order valence-electron chi connectivity index (χ4n) is 3.03. The second kappa shape index (κ2) is 9.98. The number of nitrogens with zero attached hydrogens (tertiary/aromatic N) is 3. The number of nitrogens with one attached hydrogen (secondary N) is 1. The van der Waals surface area contributed by atoms with E-state index in [4.69, 9.17) is 4.98 Å². The summed E-state index contributed by atoms with van der Waals surface area (Å²) in [7, 11) is 0. The van der Waals surface area contributed by atoms with Gasteiger partial charge in [-0.2, -0.15) is 5.10 Å². The summed E-state index contributed by atoms with van der Waals surface area (Å²) in [5.74, 6) is -0.0516. The van der Waals surface area contributed by atoms with Crippen LogP contribution in [0.5, 0.6) is 0 Å². The van der Waals surface area contributed by atoms with Crippen LogP contribution in [0, 0.1) is 0 Å². The number of carbonyl (C=O) groups excluding carboxylic acids is 1. The number of hydrogen-bond donors (Lipinski definition) is 1. The molecule has 1 aromatic carbocycles. The van der Waals surface area contributed by atoms with Crippen LogP contribution in [0.1, 0.15) is 55.6 Å². The van der Waals surface area contributed by atoms with Crippen molar-refractivity contribution >= 4 is 33.2 Å². The van der Waals surface area contributed by atoms with E-state index in [2.05, 4.69) is 33.3 Å². The zero-order valence-electron chi connectivity index (χ0n) is 16.2. The average Bonchev–Trinajstić information content (AvgIpc) is 3.35. The number of hydrogen-bond acceptors (Lipinski definition) is 4. The second-order valence-corrected chi connectivity index (χ2v) is 8.36. The first kappa shape index (κ1) is 20.7. The minimum atomic E-state index is -0.0516. The molecule has 0 aliphatic heterocycles. The Bertz CT molecular complexity index is 917. The van der Waals surface area contributed by atoms with Gasteiger partial charge in [-0.15, -0.1) is 11.3 Å². The van der Waals surface area contributed by atoms with Crippen molar-refractivity contribution in [2.75, 3.05) is 6.54 Å². The molecular formula is C21H25BrN4OS. The van der Waals surface area contributed by atoms with Gasteiger partial charge in [0, 0.05) is 22.0 Å². The first-order valence-corrected chi connectivity index (χ1v) is 11.4. The molecule has 0 spiro atoms. The highest BCUT2D eigenvalue weighted by Crippen LogP contribution is 2.26. The summed E-state index contributed by atoms with van der Waals surface area (Å²) in [6, 6.07) is 8.07. The third-order valence-electron chi connectivity index (χ3n) is 4.58. The predicted molar refractivity (Wildman–Crippen MR) is 118 cm³/mol. The number of rotatable bonds is 9. The summed E-state index contributed by atoms with van der Waals surface area (Å²) in [5, 5.41) is 10.3. The molecule has 5 nitrogen and oxygen atoms in total. The van der Waals surface area contributed by atoms with Gasteiger partial charge in [-0.25, -0.2) is 9.67 Å². The van der Waals surface area contributed by atoms with E-state index in [1.807, 2.05) is 36.6 Å². The normalized spacial score (nSPS) is 11.0. The Kier molecular flexibility index (Phi) is 7.39. The maximum absolute atomic E-state index is 12.6. The Labute approximate surface area is 178 Å². The minimum absolute atomic E-state index is 0.0516. The Hall–Kier alpha value is -1.99. The van der Waals surface area contributed by atoms with Gasteiger partial charge >= 0.3 is 0 Å². The number of benzene rings is 1. The van der Waals surface area contributed by atoms with Gasteiger partial charge < -0.3 is 5.32 Å². The summed E-state index contributed by atoms with van der Waals surface area (Å²) in [6.45, 7) is 4.92. The van der Waals surface area contributed by atoms with Crippen LogP contribution in [0.15, 0.2) is 40.3 Å². The van der Waals surface area contributed by atoms with Crippen molar-refractivity contribution in [1.82, 2.24) is 20.1 Å². The molecule has 0 aliphatic carbocycles. The molecule has 7 heteroatoms. The molecule has 0 saturated carbocycles. The van der Waals surface area contributed by atoms with Gasteiger partial charge in [0.25, 0.3) is 5.91 Å². The Morgan fingerprint density at radius 3 is 2.68 bits per heavy atom. The molecule has 3 aromatic rings. The monoisotopic (exact) mass is 460 g/mol. The second-order valence-electron chi connectivity index (χ2n) is 6.61. The Morgan fingerprint density at radius 1 is 1.18 bits per heavy atom. The lowest BCUT2D eigenvalue weighted by Crippen LogP contribution is -2.25. The number of unbranched alkanes of at least 4 members (excludes halogenated alkanes) is 3. The Morgan fingerprint density at radius 2 is 1.96 bits per heavy atom. The highest BCUT2D eigenvalue weighted by atomic mass is 79.9. The molecule has 148 valence electrons. The van der Waals surface area contributed by atoms with E-state index in [9.17, 15) is 4.79 Å². The molecule has 0 saturated heterocycles. The summed E-state index contributed by atoms with van der Waals surface area (Å²) in [4.78, 5) is 17.3. The Balaban J connectivity index is 1.75. The maximum atomic E-state index is 12.6. The van der Waals surface area contributed by atoms with E-state index in [0.29, 0.717) is 18.5 Å². The molecule has 0 bridgehead atoms. The molecule has 0 fully saturated rings. The van der Waals surface area contributed by atoms with Crippen LogP contribution in [-0.4, -0.2) is 27.2 Å². The van der Waals surface area contributed by atoms with E-state index in [-0.39, 0.29) is 5.91 Å². The molecule has 1 N–H and O–H groups in total. The summed E-state index contributed by atoms with van der Waals surface area (Å²) < 4.78 is 2.83. The van der Waals surface area contributed by atoms with Crippen LogP contribution in [0.4, 0.5) is 0 Å². The molecule has 0 unspecified atom stereocenters. The number of thiazole rings is 1. The first-order valence-electron chi connectivity index (χ1n) is 9.71. The average molecular weight is 461 g/mol. The van der Waals surface area contributed by atoms with Crippen LogP contribution in [-0.2, 0) is 6.42 Å². The van der Waals surface area contributed by atoms with E-state index >= 15 is 0 Å². The SMILES string of the molecule is CCCCCCNC(=O)c1cnn(-c2nc(-c3ccc(Br)cc3)cs2)c1CC. The fourth-order valence-corrected chi connectivity index (χ4v) is 4.11. The third kappa shape index (κ3) is 4.89. The van der Waals surface area contributed by atoms with Crippen LogP contribution in [0.2, 0.25) is 0 Å². The topological polar surface area (TPSA) is 59.8 Å². The third-order valence-corrected chi connectivity index (χ3v) is 5.92. The molecule has 0 atom stereocenters. The molecule has 28 heavy (non-hydrogen) atoms. The summed E-state index contributed by atoms with van der Waals surface area (Å²) in [6.07, 6.45) is 6.93. The van der Waals surface area contributed by atoms with Gasteiger partial charge in [-0.3, -0.25) is 4.79 Å². The predicted octanol–water partition coefficient (Wildman–Crippen LogP) is 5.63. The van der Waals surface area contributed by atoms with Gasteiger partial charge in [0.15, 0.2) is 0 Å². The molecule has 2 heterocycles. The van der Waals surface area contributed by atoms with E-state index in [1.54, 1.807) is 10.9 Å². The fraction of sp³-hybridized carbons (Fsp3) is 0.381. The lowest BCUT2D eigenvalue weighted by atomic mass is 10.2. The lowest BCUT2D eigenvalue weighted by molar-refractivity contribution is 0.0952. The van der Waals surface area contributed by atoms with Gasteiger partial charge in [0.05, 0.1) is 23.1 Å². The van der Waals surface area contributed by atoms with Crippen LogP contribution in [0.25, 0.3) is 16.4 Å². The van der Waals surface area contributed by atoms with E-state index < -0.39 is 0 Å². The van der Waals surface area contributed by atoms with E-state index in [1.165, 1.54) is 24.2 Å². The molecule has 3 rings (SSSR count). The maximum Gasteiger partial charge on any atom is 0.254 e. The van der Waals surface area contributed by atoms with Gasteiger partial charge in [-0.05, 0) is 25.0 Å². The van der Waals surface area contributed by atoms with Gasteiger partial charge in [0.2, 0.25) is 5.13 Å². The molecule has 2 aromatic heterocycles. The van der Waals surface area contributed by atoms with Crippen molar-refractivity contribution in [3.05, 3.63) is 51.6 Å².